The predicted molar refractivity (Wildman–Crippen MR) is 80.0 cm³/mol. The van der Waals surface area contributed by atoms with Gasteiger partial charge in [0.25, 0.3) is 0 Å². The Morgan fingerprint density at radius 1 is 1.00 bits per heavy atom. The van der Waals surface area contributed by atoms with Gasteiger partial charge in [-0.05, 0) is 30.2 Å². The molecule has 0 fully saturated rings. The van der Waals surface area contributed by atoms with Crippen molar-refractivity contribution in [2.45, 2.75) is 20.0 Å². The molecule has 0 aliphatic carbocycles. The summed E-state index contributed by atoms with van der Waals surface area (Å²) in [5.74, 6) is 0. The average Bonchev–Trinajstić information content (AvgIpc) is 2.88. The Bertz CT molecular complexity index is 682. The molecule has 0 aliphatic heterocycles. The Morgan fingerprint density at radius 3 is 2.79 bits per heavy atom. The van der Waals surface area contributed by atoms with Crippen LogP contribution in [0.5, 0.6) is 0 Å². The van der Waals surface area contributed by atoms with Crippen LogP contribution in [0.15, 0.2) is 54.7 Å². The fraction of sp³-hybridized carbons (Fsp3) is 0.176. The second-order valence-electron chi connectivity index (χ2n) is 4.95. The molecule has 1 aromatic heterocycles. The Kier molecular flexibility index (Phi) is 3.34. The normalized spacial score (nSPS) is 11.0. The summed E-state index contributed by atoms with van der Waals surface area (Å²) >= 11 is 0. The minimum Gasteiger partial charge on any atom is -0.361 e. The van der Waals surface area contributed by atoms with Crippen molar-refractivity contribution in [2.24, 2.45) is 0 Å². The fourth-order valence-corrected chi connectivity index (χ4v) is 2.47. The van der Waals surface area contributed by atoms with E-state index in [2.05, 4.69) is 65.8 Å². The van der Waals surface area contributed by atoms with Crippen molar-refractivity contribution in [3.63, 3.8) is 0 Å². The summed E-state index contributed by atoms with van der Waals surface area (Å²) in [6.45, 7) is 3.93. The summed E-state index contributed by atoms with van der Waals surface area (Å²) in [7, 11) is 0. The molecule has 0 unspecified atom stereocenters. The van der Waals surface area contributed by atoms with E-state index in [0.29, 0.717) is 0 Å². The van der Waals surface area contributed by atoms with E-state index >= 15 is 0 Å². The maximum atomic E-state index is 3.51. The summed E-state index contributed by atoms with van der Waals surface area (Å²) in [6, 6.07) is 17.2. The number of H-pyrrole nitrogens is 1. The molecule has 96 valence electrons. The number of hydrogen-bond donors (Lipinski definition) is 2. The zero-order valence-corrected chi connectivity index (χ0v) is 11.1. The van der Waals surface area contributed by atoms with Crippen molar-refractivity contribution in [1.82, 2.24) is 10.3 Å². The smallest absolute Gasteiger partial charge is 0.0457 e. The molecule has 3 aromatic rings. The summed E-state index contributed by atoms with van der Waals surface area (Å²) in [6.07, 6.45) is 1.99. The molecule has 2 nitrogen and oxygen atoms in total. The number of nitrogens with one attached hydrogen (secondary N) is 2. The second-order valence-corrected chi connectivity index (χ2v) is 4.95. The highest BCUT2D eigenvalue weighted by Gasteiger charge is 2.01. The number of aromatic amines is 1. The van der Waals surface area contributed by atoms with Gasteiger partial charge in [0.2, 0.25) is 0 Å². The van der Waals surface area contributed by atoms with Crippen LogP contribution in [-0.4, -0.2) is 4.98 Å². The van der Waals surface area contributed by atoms with Crippen LogP contribution >= 0.6 is 0 Å². The minimum absolute atomic E-state index is 0.892. The molecule has 0 spiro atoms. The van der Waals surface area contributed by atoms with Crippen molar-refractivity contribution in [3.05, 3.63) is 71.4 Å². The first-order chi connectivity index (χ1) is 9.33. The van der Waals surface area contributed by atoms with Gasteiger partial charge < -0.3 is 10.3 Å². The lowest BCUT2D eigenvalue weighted by atomic mass is 10.1. The molecule has 0 radical (unpaired) electrons. The van der Waals surface area contributed by atoms with Crippen molar-refractivity contribution in [1.29, 1.82) is 0 Å². The van der Waals surface area contributed by atoms with Gasteiger partial charge in [0.05, 0.1) is 0 Å². The van der Waals surface area contributed by atoms with Crippen LogP contribution < -0.4 is 5.32 Å². The van der Waals surface area contributed by atoms with Crippen LogP contribution in [0.2, 0.25) is 0 Å². The third kappa shape index (κ3) is 2.69. The summed E-state index contributed by atoms with van der Waals surface area (Å²) in [5.41, 5.74) is 5.19. The topological polar surface area (TPSA) is 27.8 Å². The lowest BCUT2D eigenvalue weighted by molar-refractivity contribution is 0.696. The number of benzene rings is 2. The number of rotatable bonds is 4. The molecule has 19 heavy (non-hydrogen) atoms. The molecule has 2 aromatic carbocycles. The molecule has 0 bridgehead atoms. The summed E-state index contributed by atoms with van der Waals surface area (Å²) in [4.78, 5) is 3.25. The quantitative estimate of drug-likeness (QED) is 0.725. The van der Waals surface area contributed by atoms with Gasteiger partial charge in [0.1, 0.15) is 0 Å². The number of aryl methyl sites for hydroxylation is 1. The van der Waals surface area contributed by atoms with E-state index in [1.807, 2.05) is 6.20 Å². The lowest BCUT2D eigenvalue weighted by Crippen LogP contribution is -2.12. The molecule has 0 saturated heterocycles. The molecule has 1 heterocycles. The Balaban J connectivity index is 1.68. The summed E-state index contributed by atoms with van der Waals surface area (Å²) < 4.78 is 0. The SMILES string of the molecule is Cc1cccc(CNCc2cccc3[nH]ccc23)c1. The number of hydrogen-bond acceptors (Lipinski definition) is 1. The number of fused-ring (bicyclic) bond motifs is 1. The van der Waals surface area contributed by atoms with Crippen molar-refractivity contribution in [3.8, 4) is 0 Å². The van der Waals surface area contributed by atoms with E-state index in [0.717, 1.165) is 13.1 Å². The van der Waals surface area contributed by atoms with Gasteiger partial charge in [-0.1, -0.05) is 42.0 Å². The van der Waals surface area contributed by atoms with E-state index in [-0.39, 0.29) is 0 Å². The van der Waals surface area contributed by atoms with Crippen molar-refractivity contribution in [2.75, 3.05) is 0 Å². The van der Waals surface area contributed by atoms with Crippen LogP contribution in [-0.2, 0) is 13.1 Å². The minimum atomic E-state index is 0.892. The van der Waals surface area contributed by atoms with E-state index in [4.69, 9.17) is 0 Å². The highest BCUT2D eigenvalue weighted by Crippen LogP contribution is 2.17. The largest absolute Gasteiger partial charge is 0.361 e. The van der Waals surface area contributed by atoms with Gasteiger partial charge in [-0.2, -0.15) is 0 Å². The summed E-state index contributed by atoms with van der Waals surface area (Å²) in [5, 5.41) is 4.82. The first-order valence-corrected chi connectivity index (χ1v) is 6.64. The predicted octanol–water partition coefficient (Wildman–Crippen LogP) is 3.77. The van der Waals surface area contributed by atoms with Gasteiger partial charge in [0, 0.05) is 30.2 Å². The molecular formula is C17H18N2. The Morgan fingerprint density at radius 2 is 1.89 bits per heavy atom. The fourth-order valence-electron chi connectivity index (χ4n) is 2.47. The lowest BCUT2D eigenvalue weighted by Gasteiger charge is -2.07. The van der Waals surface area contributed by atoms with E-state index in [1.54, 1.807) is 0 Å². The zero-order valence-electron chi connectivity index (χ0n) is 11.1. The van der Waals surface area contributed by atoms with E-state index in [9.17, 15) is 0 Å². The molecule has 2 N–H and O–H groups in total. The van der Waals surface area contributed by atoms with Gasteiger partial charge in [-0.15, -0.1) is 0 Å². The van der Waals surface area contributed by atoms with Crippen molar-refractivity contribution < 1.29 is 0 Å². The average molecular weight is 250 g/mol. The Labute approximate surface area is 113 Å². The van der Waals surface area contributed by atoms with E-state index < -0.39 is 0 Å². The molecule has 0 amide bonds. The highest BCUT2D eigenvalue weighted by atomic mass is 14.8. The first kappa shape index (κ1) is 12.0. The van der Waals surface area contributed by atoms with Gasteiger partial charge >= 0.3 is 0 Å². The molecular weight excluding hydrogens is 232 g/mol. The van der Waals surface area contributed by atoms with Crippen LogP contribution in [0.4, 0.5) is 0 Å². The highest BCUT2D eigenvalue weighted by molar-refractivity contribution is 5.82. The van der Waals surface area contributed by atoms with Crippen molar-refractivity contribution >= 4 is 10.9 Å². The molecule has 0 atom stereocenters. The van der Waals surface area contributed by atoms with Gasteiger partial charge in [0.15, 0.2) is 0 Å². The maximum Gasteiger partial charge on any atom is 0.0457 e. The molecule has 0 saturated carbocycles. The molecule has 2 heteroatoms. The van der Waals surface area contributed by atoms with E-state index in [1.165, 1.54) is 27.6 Å². The molecule has 0 aliphatic rings. The zero-order chi connectivity index (χ0) is 13.1. The maximum absolute atomic E-state index is 3.51. The second kappa shape index (κ2) is 5.29. The van der Waals surface area contributed by atoms with Crippen LogP contribution in [0, 0.1) is 6.92 Å². The third-order valence-electron chi connectivity index (χ3n) is 3.41. The first-order valence-electron chi connectivity index (χ1n) is 6.64. The number of aromatic nitrogens is 1. The van der Waals surface area contributed by atoms with Gasteiger partial charge in [-0.3, -0.25) is 0 Å². The monoisotopic (exact) mass is 250 g/mol. The Hall–Kier alpha value is -2.06. The van der Waals surface area contributed by atoms with Gasteiger partial charge in [-0.25, -0.2) is 0 Å². The standard InChI is InChI=1S/C17H18N2/c1-13-4-2-5-14(10-13)11-18-12-15-6-3-7-17-16(15)8-9-19-17/h2-10,18-19H,11-12H2,1H3. The van der Waals surface area contributed by atoms with Crippen LogP contribution in [0.25, 0.3) is 10.9 Å². The molecule has 3 rings (SSSR count). The third-order valence-corrected chi connectivity index (χ3v) is 3.41. The van der Waals surface area contributed by atoms with Crippen LogP contribution in [0.3, 0.4) is 0 Å². The van der Waals surface area contributed by atoms with Crippen LogP contribution in [0.1, 0.15) is 16.7 Å².